The summed E-state index contributed by atoms with van der Waals surface area (Å²) in [6, 6.07) is 5.46. The predicted molar refractivity (Wildman–Crippen MR) is 80.9 cm³/mol. The van der Waals surface area contributed by atoms with Crippen LogP contribution in [0.3, 0.4) is 0 Å². The number of halogens is 2. The van der Waals surface area contributed by atoms with Crippen LogP contribution in [0, 0.1) is 5.92 Å². The van der Waals surface area contributed by atoms with E-state index >= 15 is 0 Å². The van der Waals surface area contributed by atoms with E-state index in [4.69, 9.17) is 23.2 Å². The first-order valence-electron chi connectivity index (χ1n) is 6.40. The largest absolute Gasteiger partial charge is 0.355 e. The fourth-order valence-corrected chi connectivity index (χ4v) is 2.03. The summed E-state index contributed by atoms with van der Waals surface area (Å²) in [5.74, 6) is 0.493. The molecule has 0 heterocycles. The van der Waals surface area contributed by atoms with Crippen molar-refractivity contribution in [2.24, 2.45) is 5.92 Å². The highest BCUT2D eigenvalue weighted by Crippen LogP contribution is 2.20. The van der Waals surface area contributed by atoms with Crippen LogP contribution >= 0.6 is 23.2 Å². The van der Waals surface area contributed by atoms with Crippen molar-refractivity contribution >= 4 is 29.1 Å². The zero-order valence-corrected chi connectivity index (χ0v) is 12.8. The Kier molecular flexibility index (Phi) is 7.21. The lowest BCUT2D eigenvalue weighted by Crippen LogP contribution is -2.36. The van der Waals surface area contributed by atoms with Gasteiger partial charge in [0.1, 0.15) is 0 Å². The molecule has 0 aliphatic carbocycles. The molecule has 1 aromatic rings. The summed E-state index contributed by atoms with van der Waals surface area (Å²) >= 11 is 11.9. The highest BCUT2D eigenvalue weighted by molar-refractivity contribution is 6.35. The molecular formula is C14H20Cl2N2O. The average molecular weight is 303 g/mol. The Balaban J connectivity index is 2.22. The van der Waals surface area contributed by atoms with Crippen LogP contribution in [0.25, 0.3) is 0 Å². The van der Waals surface area contributed by atoms with Crippen molar-refractivity contribution in [3.05, 3.63) is 33.8 Å². The Labute approximate surface area is 124 Å². The number of carbonyl (C=O) groups is 1. The van der Waals surface area contributed by atoms with Crippen molar-refractivity contribution in [1.29, 1.82) is 0 Å². The van der Waals surface area contributed by atoms with E-state index < -0.39 is 0 Å². The van der Waals surface area contributed by atoms with Crippen molar-refractivity contribution in [3.63, 3.8) is 0 Å². The van der Waals surface area contributed by atoms with Gasteiger partial charge in [-0.05, 0) is 36.6 Å². The Morgan fingerprint density at radius 3 is 2.68 bits per heavy atom. The van der Waals surface area contributed by atoms with Gasteiger partial charge in [-0.25, -0.2) is 0 Å². The number of rotatable bonds is 7. The van der Waals surface area contributed by atoms with E-state index in [-0.39, 0.29) is 5.91 Å². The molecule has 0 radical (unpaired) electrons. The topological polar surface area (TPSA) is 41.1 Å². The molecule has 1 amide bonds. The molecule has 0 bridgehead atoms. The highest BCUT2D eigenvalue weighted by Gasteiger charge is 2.03. The maximum absolute atomic E-state index is 11.5. The van der Waals surface area contributed by atoms with Crippen molar-refractivity contribution in [2.75, 3.05) is 19.6 Å². The fraction of sp³-hybridized carbons (Fsp3) is 0.500. The van der Waals surface area contributed by atoms with E-state index in [9.17, 15) is 4.79 Å². The Morgan fingerprint density at radius 1 is 1.32 bits per heavy atom. The maximum atomic E-state index is 11.5. The molecule has 0 unspecified atom stereocenters. The Hall–Kier alpha value is -0.770. The van der Waals surface area contributed by atoms with Gasteiger partial charge in [-0.2, -0.15) is 0 Å². The van der Waals surface area contributed by atoms with E-state index in [2.05, 4.69) is 24.5 Å². The van der Waals surface area contributed by atoms with Crippen molar-refractivity contribution in [3.8, 4) is 0 Å². The predicted octanol–water partition coefficient (Wildman–Crippen LogP) is 2.90. The van der Waals surface area contributed by atoms with Crippen LogP contribution in [0.5, 0.6) is 0 Å². The standard InChI is InChI=1S/C14H20Cl2N2O/c1-10(2)8-18-14(19)9-17-6-5-11-3-4-12(15)7-13(11)16/h3-4,7,10,17H,5-6,8-9H2,1-2H3,(H,18,19). The number of nitrogens with one attached hydrogen (secondary N) is 2. The molecular weight excluding hydrogens is 283 g/mol. The maximum Gasteiger partial charge on any atom is 0.233 e. The van der Waals surface area contributed by atoms with E-state index in [1.54, 1.807) is 6.07 Å². The molecule has 0 aliphatic heterocycles. The first-order valence-corrected chi connectivity index (χ1v) is 7.16. The molecule has 1 aromatic carbocycles. The van der Waals surface area contributed by atoms with Gasteiger partial charge in [0, 0.05) is 16.6 Å². The van der Waals surface area contributed by atoms with E-state index in [1.807, 2.05) is 12.1 Å². The minimum Gasteiger partial charge on any atom is -0.355 e. The molecule has 19 heavy (non-hydrogen) atoms. The van der Waals surface area contributed by atoms with E-state index in [1.165, 1.54) is 0 Å². The molecule has 0 atom stereocenters. The van der Waals surface area contributed by atoms with Crippen LogP contribution in [0.4, 0.5) is 0 Å². The number of hydrogen-bond donors (Lipinski definition) is 2. The third kappa shape index (κ3) is 6.81. The van der Waals surface area contributed by atoms with Crippen LogP contribution in [0.2, 0.25) is 10.0 Å². The zero-order valence-electron chi connectivity index (χ0n) is 11.3. The van der Waals surface area contributed by atoms with Crippen LogP contribution in [-0.2, 0) is 11.2 Å². The summed E-state index contributed by atoms with van der Waals surface area (Å²) in [5, 5.41) is 7.25. The van der Waals surface area contributed by atoms with Crippen LogP contribution in [0.15, 0.2) is 18.2 Å². The smallest absolute Gasteiger partial charge is 0.233 e. The van der Waals surface area contributed by atoms with Gasteiger partial charge in [-0.15, -0.1) is 0 Å². The lowest BCUT2D eigenvalue weighted by molar-refractivity contribution is -0.120. The SMILES string of the molecule is CC(C)CNC(=O)CNCCc1ccc(Cl)cc1Cl. The van der Waals surface area contributed by atoms with Crippen molar-refractivity contribution in [2.45, 2.75) is 20.3 Å². The normalized spacial score (nSPS) is 10.8. The second-order valence-electron chi connectivity index (χ2n) is 4.86. The third-order valence-electron chi connectivity index (χ3n) is 2.58. The van der Waals surface area contributed by atoms with Crippen molar-refractivity contribution < 1.29 is 4.79 Å². The summed E-state index contributed by atoms with van der Waals surface area (Å²) in [6.45, 7) is 5.88. The first-order chi connectivity index (χ1) is 8.99. The summed E-state index contributed by atoms with van der Waals surface area (Å²) in [5.41, 5.74) is 1.03. The molecule has 3 nitrogen and oxygen atoms in total. The molecule has 106 valence electrons. The number of amides is 1. The Bertz CT molecular complexity index is 422. The second kappa shape index (κ2) is 8.41. The summed E-state index contributed by atoms with van der Waals surface area (Å²) in [7, 11) is 0. The molecule has 0 aliphatic rings. The highest BCUT2D eigenvalue weighted by atomic mass is 35.5. The quantitative estimate of drug-likeness (QED) is 0.761. The van der Waals surface area contributed by atoms with Gasteiger partial charge in [-0.3, -0.25) is 4.79 Å². The molecule has 1 rings (SSSR count). The molecule has 5 heteroatoms. The lowest BCUT2D eigenvalue weighted by Gasteiger charge is -2.09. The first kappa shape index (κ1) is 16.3. The minimum absolute atomic E-state index is 0.0240. The van der Waals surface area contributed by atoms with Gasteiger partial charge in [-0.1, -0.05) is 43.1 Å². The van der Waals surface area contributed by atoms with Gasteiger partial charge in [0.05, 0.1) is 6.54 Å². The third-order valence-corrected chi connectivity index (χ3v) is 3.17. The fourth-order valence-electron chi connectivity index (χ4n) is 1.53. The molecule has 0 aromatic heterocycles. The van der Waals surface area contributed by atoms with Gasteiger partial charge >= 0.3 is 0 Å². The molecule has 0 saturated heterocycles. The summed E-state index contributed by atoms with van der Waals surface area (Å²) in [4.78, 5) is 11.5. The molecule has 0 spiro atoms. The molecule has 0 fully saturated rings. The summed E-state index contributed by atoms with van der Waals surface area (Å²) in [6.07, 6.45) is 0.771. The number of carbonyl (C=O) groups excluding carboxylic acids is 1. The van der Waals surface area contributed by atoms with Gasteiger partial charge in [0.25, 0.3) is 0 Å². The average Bonchev–Trinajstić information content (AvgIpc) is 2.34. The Morgan fingerprint density at radius 2 is 2.05 bits per heavy atom. The number of benzene rings is 1. The van der Waals surface area contributed by atoms with E-state index in [0.29, 0.717) is 35.6 Å². The summed E-state index contributed by atoms with van der Waals surface area (Å²) < 4.78 is 0. The lowest BCUT2D eigenvalue weighted by atomic mass is 10.1. The molecule has 2 N–H and O–H groups in total. The van der Waals surface area contributed by atoms with Crippen molar-refractivity contribution in [1.82, 2.24) is 10.6 Å². The van der Waals surface area contributed by atoms with Crippen LogP contribution < -0.4 is 10.6 Å². The second-order valence-corrected chi connectivity index (χ2v) is 5.70. The molecule has 0 saturated carbocycles. The van der Waals surface area contributed by atoms with Gasteiger partial charge in [0.2, 0.25) is 5.91 Å². The monoisotopic (exact) mass is 302 g/mol. The van der Waals surface area contributed by atoms with Gasteiger partial charge in [0.15, 0.2) is 0 Å². The number of hydrogen-bond acceptors (Lipinski definition) is 2. The van der Waals surface area contributed by atoms with E-state index in [0.717, 1.165) is 12.0 Å². The minimum atomic E-state index is 0.0240. The van der Waals surface area contributed by atoms with Crippen LogP contribution in [-0.4, -0.2) is 25.5 Å². The van der Waals surface area contributed by atoms with Crippen LogP contribution in [0.1, 0.15) is 19.4 Å². The van der Waals surface area contributed by atoms with Gasteiger partial charge < -0.3 is 10.6 Å². The zero-order chi connectivity index (χ0) is 14.3.